The Morgan fingerprint density at radius 1 is 0.735 bits per heavy atom. The van der Waals surface area contributed by atoms with Crippen molar-refractivity contribution in [3.63, 3.8) is 0 Å². The summed E-state index contributed by atoms with van der Waals surface area (Å²) in [6.07, 6.45) is 15.8. The topological polar surface area (TPSA) is 276 Å². The number of halogens is 1. The van der Waals surface area contributed by atoms with Crippen LogP contribution in [0.1, 0.15) is 120 Å². The van der Waals surface area contributed by atoms with Crippen molar-refractivity contribution in [2.24, 2.45) is 81.3 Å². The number of nitrogens with zero attached hydrogens (tertiary/aromatic N) is 5. The number of aliphatic hydroxyl groups excluding tert-OH is 1. The molecule has 566 valence electrons. The SMILES string of the molecule is CCOC(=O)[C@H]1C[C@@H]1C=O.CCOC(=O)[C@H]1C[C@@H]1CN1CCOCC1.CCOC(=O)[C@H]1C[C@@H]1CO.CO[C@H]1/C=C/C[C@H](C)C[S@@](=O)(CC(=O)C[C@H]2C[C@@H]2CN2CCOCC2)=NC(=O)c2ccc3c(c2)N(C[C@@H]2CC[C@H]21)C[C@@]1(CCCc2cc(Cl)ccc21)CO3.O=C(O)[C@H]1C[C@@H]1CN1CCOCC1. The van der Waals surface area contributed by atoms with E-state index in [0.717, 1.165) is 192 Å². The molecular weight excluding hydrogens is 1350 g/mol. The molecule has 1 amide bonds. The minimum absolute atomic E-state index is 0.00393. The molecule has 1 spiro atoms. The fraction of sp³-hybridized carbons (Fsp3) is 0.727. The van der Waals surface area contributed by atoms with E-state index in [9.17, 15) is 37.8 Å². The van der Waals surface area contributed by atoms with Crippen LogP contribution in [0.25, 0.3) is 0 Å². The zero-order valence-corrected chi connectivity index (χ0v) is 62.3. The minimum Gasteiger partial charge on any atom is -0.490 e. The fourth-order valence-electron chi connectivity index (χ4n) is 15.8. The molecule has 2 aromatic carbocycles. The molecule has 2 N–H and O–H groups in total. The first-order chi connectivity index (χ1) is 49.3. The Hall–Kier alpha value is -5.41. The molecule has 2 bridgehead atoms. The summed E-state index contributed by atoms with van der Waals surface area (Å²) >= 11 is 6.48. The number of rotatable bonds is 20. The van der Waals surface area contributed by atoms with Gasteiger partial charge in [-0.05, 0) is 180 Å². The maximum atomic E-state index is 14.7. The van der Waals surface area contributed by atoms with E-state index in [1.807, 2.05) is 32.0 Å². The number of methoxy groups -OCH3 is 1. The first-order valence-electron chi connectivity index (χ1n) is 37.7. The van der Waals surface area contributed by atoms with Crippen molar-refractivity contribution in [1.29, 1.82) is 0 Å². The number of hydrogen-bond donors (Lipinski definition) is 2. The number of anilines is 1. The summed E-state index contributed by atoms with van der Waals surface area (Å²) < 4.78 is 62.5. The molecule has 7 aliphatic carbocycles. The van der Waals surface area contributed by atoms with Gasteiger partial charge in [0.15, 0.2) is 0 Å². The number of benzene rings is 2. The predicted molar refractivity (Wildman–Crippen MR) is 385 cm³/mol. The van der Waals surface area contributed by atoms with Gasteiger partial charge >= 0.3 is 23.9 Å². The number of carboxylic acid groups (broad SMARTS) is 1. The lowest BCUT2D eigenvalue weighted by Crippen LogP contribution is -2.49. The van der Waals surface area contributed by atoms with Crippen molar-refractivity contribution in [2.75, 3.05) is 168 Å². The number of fused-ring (bicyclic) bond motifs is 4. The van der Waals surface area contributed by atoms with Crippen molar-refractivity contribution >= 4 is 68.9 Å². The van der Waals surface area contributed by atoms with Gasteiger partial charge in [0.25, 0.3) is 5.91 Å². The van der Waals surface area contributed by atoms with Crippen molar-refractivity contribution in [3.05, 3.63) is 70.3 Å². The summed E-state index contributed by atoms with van der Waals surface area (Å²) in [4.78, 5) is 90.9. The Labute approximate surface area is 608 Å². The zero-order valence-electron chi connectivity index (χ0n) is 60.7. The van der Waals surface area contributed by atoms with Crippen LogP contribution in [0.2, 0.25) is 5.02 Å². The van der Waals surface area contributed by atoms with E-state index in [1.54, 1.807) is 27.0 Å². The molecule has 0 aromatic heterocycles. The van der Waals surface area contributed by atoms with Gasteiger partial charge in [0.1, 0.15) is 17.8 Å². The van der Waals surface area contributed by atoms with E-state index in [0.29, 0.717) is 86.8 Å². The molecule has 0 unspecified atom stereocenters. The lowest BCUT2D eigenvalue weighted by Gasteiger charge is -2.46. The van der Waals surface area contributed by atoms with Crippen LogP contribution >= 0.6 is 11.6 Å². The number of Topliss-reactive ketones (excluding diaryl/α,β-unsaturated/α-hetero) is 1. The first kappa shape index (κ1) is 79.2. The molecule has 5 aliphatic heterocycles. The van der Waals surface area contributed by atoms with Crippen molar-refractivity contribution < 1.29 is 85.9 Å². The molecule has 9 fully saturated rings. The second kappa shape index (κ2) is 37.7. The number of carbonyl (C=O) groups is 7. The van der Waals surface area contributed by atoms with Gasteiger partial charge in [-0.25, -0.2) is 4.21 Å². The highest BCUT2D eigenvalue weighted by atomic mass is 35.5. The average Bonchev–Trinajstić information content (AvgIpc) is 1.53. The van der Waals surface area contributed by atoms with Crippen LogP contribution < -0.4 is 9.64 Å². The van der Waals surface area contributed by atoms with Crippen LogP contribution in [-0.4, -0.2) is 240 Å². The van der Waals surface area contributed by atoms with Crippen LogP contribution in [0.15, 0.2) is 52.9 Å². The summed E-state index contributed by atoms with van der Waals surface area (Å²) in [6.45, 7) is 24.5. The molecule has 3 saturated heterocycles. The third-order valence-electron chi connectivity index (χ3n) is 22.4. The lowest BCUT2D eigenvalue weighted by atomic mass is 9.68. The molecule has 12 aliphatic rings. The fourth-order valence-corrected chi connectivity index (χ4v) is 18.3. The number of allylic oxidation sites excluding steroid dienone is 1. The molecule has 6 saturated carbocycles. The van der Waals surface area contributed by atoms with Gasteiger partial charge in [0.2, 0.25) is 0 Å². The molecule has 5 heterocycles. The van der Waals surface area contributed by atoms with Crippen molar-refractivity contribution in [3.8, 4) is 5.75 Å². The van der Waals surface area contributed by atoms with Crippen molar-refractivity contribution in [1.82, 2.24) is 14.7 Å². The van der Waals surface area contributed by atoms with Crippen molar-refractivity contribution in [2.45, 2.75) is 116 Å². The van der Waals surface area contributed by atoms with E-state index in [-0.39, 0.29) is 94.7 Å². The third-order valence-corrected chi connectivity index (χ3v) is 25.0. The van der Waals surface area contributed by atoms with Gasteiger partial charge in [0, 0.05) is 120 Å². The van der Waals surface area contributed by atoms with Crippen LogP contribution in [0.3, 0.4) is 0 Å². The van der Waals surface area contributed by atoms with Gasteiger partial charge in [-0.2, -0.15) is 4.36 Å². The number of amides is 1. The van der Waals surface area contributed by atoms with E-state index >= 15 is 0 Å². The zero-order chi connectivity index (χ0) is 72.5. The second-order valence-corrected chi connectivity index (χ2v) is 33.0. The number of hydrogen-bond acceptors (Lipinski definition) is 21. The number of carbonyl (C=O) groups excluding carboxylic acids is 6. The van der Waals surface area contributed by atoms with E-state index in [4.69, 9.17) is 59.7 Å². The van der Waals surface area contributed by atoms with Gasteiger partial charge in [-0.1, -0.05) is 36.7 Å². The Bertz CT molecular complexity index is 3330. The smallest absolute Gasteiger partial charge is 0.309 e. The quantitative estimate of drug-likeness (QED) is 0.0548. The highest BCUT2D eigenvalue weighted by molar-refractivity contribution is 7.94. The van der Waals surface area contributed by atoms with E-state index in [2.05, 4.69) is 48.2 Å². The Balaban J connectivity index is 0.000000185. The number of aldehydes is 1. The van der Waals surface area contributed by atoms with Gasteiger partial charge in [0.05, 0.1) is 117 Å². The molecule has 2 aromatic rings. The number of carboxylic acids is 1. The maximum absolute atomic E-state index is 14.7. The van der Waals surface area contributed by atoms with E-state index in [1.165, 1.54) is 11.1 Å². The van der Waals surface area contributed by atoms with Gasteiger partial charge < -0.3 is 57.8 Å². The van der Waals surface area contributed by atoms with Crippen LogP contribution in [-0.2, 0) is 83.5 Å². The van der Waals surface area contributed by atoms with Crippen LogP contribution in [0.5, 0.6) is 5.75 Å². The highest BCUT2D eigenvalue weighted by Crippen LogP contribution is 2.49. The summed E-state index contributed by atoms with van der Waals surface area (Å²) in [5.74, 6) is 1.71. The van der Waals surface area contributed by atoms with Crippen LogP contribution in [0.4, 0.5) is 5.69 Å². The Morgan fingerprint density at radius 3 is 1.87 bits per heavy atom. The summed E-state index contributed by atoms with van der Waals surface area (Å²) in [5, 5.41) is 18.1. The largest absolute Gasteiger partial charge is 0.490 e. The molecule has 25 heteroatoms. The molecule has 0 radical (unpaired) electrons. The molecule has 23 nitrogen and oxygen atoms in total. The number of ether oxygens (including phenoxy) is 8. The second-order valence-electron chi connectivity index (χ2n) is 30.2. The first-order valence-corrected chi connectivity index (χ1v) is 40.0. The van der Waals surface area contributed by atoms with Crippen LogP contribution in [0, 0.1) is 76.9 Å². The number of aliphatic carboxylic acids is 1. The minimum atomic E-state index is -3.18. The maximum Gasteiger partial charge on any atom is 0.309 e. The molecule has 102 heavy (non-hydrogen) atoms. The molecule has 16 atom stereocenters. The normalized spacial score (nSPS) is 33.2. The lowest BCUT2D eigenvalue weighted by molar-refractivity contribution is -0.146. The number of ketones is 1. The monoisotopic (exact) mass is 1460 g/mol. The number of morpholine rings is 3. The Morgan fingerprint density at radius 2 is 1.32 bits per heavy atom. The van der Waals surface area contributed by atoms with Gasteiger partial charge in [-0.3, -0.25) is 43.5 Å². The summed E-state index contributed by atoms with van der Waals surface area (Å²) in [6, 6.07) is 11.8. The van der Waals surface area contributed by atoms with E-state index < -0.39 is 21.6 Å². The average molecular weight is 1460 g/mol. The Kier molecular flexibility index (Phi) is 29.3. The summed E-state index contributed by atoms with van der Waals surface area (Å²) in [7, 11) is -1.38. The number of aliphatic hydroxyl groups is 1. The third kappa shape index (κ3) is 22.6. The number of aryl methyl sites for hydroxylation is 1. The highest BCUT2D eigenvalue weighted by Gasteiger charge is 2.49. The number of esters is 3. The standard InChI is InChI=1S/C43H56ClN3O6S.C11H19NO3.C9H15NO3.C7H12O3.C7H10O3/c1-29-5-3-7-40(51-2)37-11-8-32(37)24-47-27-43(14-4-6-30-20-35(44)10-12-38(30)43)28-53-41-13-9-31(22-39(41)47)42(49)45-54(50,25-29)26-36(48)21-33-19-34(33)23-46-15-17-52-18-16-46;1-2-15-11(13)10-7-9(10)8-12-3-5-14-6-4-12;11-9(12)8-5-7(8)6-10-1-3-13-4-2-10;2*1-2-10-7(9)6-3-5(6)4-8/h3,7,9-10,12-13,20,22,29,32-34,37,40H,4-6,8,11,14-19,21,23-28H2,1-2H3;9-10H,2-8H2,1H3;7-8H,1-6H2,(H,11,12);5-6,8H,2-4H2,1H3;4-6H,2-3H2,1H3/b7-3+;;;;/t29-,32-,33+,34+,37+,40-,43-,54+;9-,10+;7-,8+;2*5-,6+/m01111/s1. The predicted octanol–water partition coefficient (Wildman–Crippen LogP) is 8.11. The molecular formula is C77H112ClN5O18S. The molecule has 14 rings (SSSR count). The summed E-state index contributed by atoms with van der Waals surface area (Å²) in [5.41, 5.74) is 3.59. The van der Waals surface area contributed by atoms with Gasteiger partial charge in [-0.15, -0.1) is 0 Å².